The van der Waals surface area contributed by atoms with Gasteiger partial charge in [-0.2, -0.15) is 0 Å². The first kappa shape index (κ1) is 16.5. The highest BCUT2D eigenvalue weighted by Gasteiger charge is 2.21. The lowest BCUT2D eigenvalue weighted by molar-refractivity contribution is 0.0838. The smallest absolute Gasteiger partial charge is 0.122 e. The average molecular weight is 294 g/mol. The highest BCUT2D eigenvalue weighted by atomic mass is 16.5. The van der Waals surface area contributed by atoms with Crippen molar-refractivity contribution in [3.8, 4) is 0 Å². The van der Waals surface area contributed by atoms with E-state index in [4.69, 9.17) is 9.15 Å². The van der Waals surface area contributed by atoms with Crippen LogP contribution >= 0.6 is 0 Å². The third kappa shape index (κ3) is 5.46. The number of furan rings is 1. The van der Waals surface area contributed by atoms with Crippen molar-refractivity contribution in [3.63, 3.8) is 0 Å². The fourth-order valence-electron chi connectivity index (χ4n) is 2.89. The van der Waals surface area contributed by atoms with Gasteiger partial charge in [0.1, 0.15) is 5.76 Å². The van der Waals surface area contributed by atoms with Crippen LogP contribution in [0.4, 0.5) is 0 Å². The third-order valence-corrected chi connectivity index (χ3v) is 4.02. The van der Waals surface area contributed by atoms with Crippen LogP contribution in [0.2, 0.25) is 0 Å². The second kappa shape index (κ2) is 7.43. The van der Waals surface area contributed by atoms with E-state index >= 15 is 0 Å². The molecule has 0 saturated carbocycles. The molecule has 1 N–H and O–H groups in total. The van der Waals surface area contributed by atoms with E-state index in [2.05, 4.69) is 37.1 Å². The van der Waals surface area contributed by atoms with Gasteiger partial charge < -0.3 is 14.5 Å². The molecule has 21 heavy (non-hydrogen) atoms. The van der Waals surface area contributed by atoms with Gasteiger partial charge in [-0.1, -0.05) is 0 Å². The summed E-state index contributed by atoms with van der Waals surface area (Å²) in [6.07, 6.45) is 4.34. The zero-order valence-electron chi connectivity index (χ0n) is 13.9. The number of likely N-dealkylation sites (tertiary alicyclic amines) is 1. The lowest BCUT2D eigenvalue weighted by atomic mass is 9.99. The van der Waals surface area contributed by atoms with Crippen molar-refractivity contribution in [1.82, 2.24) is 10.2 Å². The molecular weight excluding hydrogens is 264 g/mol. The van der Waals surface area contributed by atoms with E-state index in [1.54, 1.807) is 7.11 Å². The molecule has 1 atom stereocenters. The molecule has 2 heterocycles. The summed E-state index contributed by atoms with van der Waals surface area (Å²) < 4.78 is 11.0. The van der Waals surface area contributed by atoms with Gasteiger partial charge in [0.05, 0.1) is 19.4 Å². The lowest BCUT2D eigenvalue weighted by Gasteiger charge is -2.32. The highest BCUT2D eigenvalue weighted by molar-refractivity contribution is 5.17. The van der Waals surface area contributed by atoms with Gasteiger partial charge in [0.15, 0.2) is 0 Å². The molecule has 1 aromatic rings. The van der Waals surface area contributed by atoms with Gasteiger partial charge >= 0.3 is 0 Å². The molecular formula is C17H30N2O2. The molecule has 0 aliphatic carbocycles. The van der Waals surface area contributed by atoms with Crippen molar-refractivity contribution in [2.24, 2.45) is 5.92 Å². The van der Waals surface area contributed by atoms with Gasteiger partial charge in [0.25, 0.3) is 0 Å². The minimum atomic E-state index is 0.128. The van der Waals surface area contributed by atoms with E-state index < -0.39 is 0 Å². The topological polar surface area (TPSA) is 37.6 Å². The van der Waals surface area contributed by atoms with Gasteiger partial charge in [0.2, 0.25) is 0 Å². The molecule has 0 radical (unpaired) electrons. The van der Waals surface area contributed by atoms with Gasteiger partial charge in [-0.05, 0) is 52.1 Å². The van der Waals surface area contributed by atoms with Crippen LogP contribution in [0.3, 0.4) is 0 Å². The Bertz CT molecular complexity index is 421. The van der Waals surface area contributed by atoms with Crippen molar-refractivity contribution < 1.29 is 9.15 Å². The van der Waals surface area contributed by atoms with Crippen LogP contribution in [0.25, 0.3) is 0 Å². The fourth-order valence-corrected chi connectivity index (χ4v) is 2.89. The van der Waals surface area contributed by atoms with Gasteiger partial charge in [-0.25, -0.2) is 0 Å². The maximum absolute atomic E-state index is 5.71. The Hall–Kier alpha value is -0.840. The van der Waals surface area contributed by atoms with Gasteiger partial charge in [-0.3, -0.25) is 4.90 Å². The summed E-state index contributed by atoms with van der Waals surface area (Å²) in [7, 11) is 1.79. The Kier molecular flexibility index (Phi) is 5.85. The van der Waals surface area contributed by atoms with E-state index in [0.717, 1.165) is 38.5 Å². The van der Waals surface area contributed by atoms with Crippen LogP contribution in [0, 0.1) is 5.92 Å². The van der Waals surface area contributed by atoms with E-state index in [-0.39, 0.29) is 5.54 Å². The summed E-state index contributed by atoms with van der Waals surface area (Å²) in [5.74, 6) is 1.76. The van der Waals surface area contributed by atoms with Crippen molar-refractivity contribution in [2.45, 2.75) is 52.2 Å². The second-order valence-electron chi connectivity index (χ2n) is 7.17. The molecule has 1 fully saturated rings. The van der Waals surface area contributed by atoms with Crippen molar-refractivity contribution in [3.05, 3.63) is 23.7 Å². The Morgan fingerprint density at radius 2 is 2.24 bits per heavy atom. The number of nitrogens with one attached hydrogen (secondary N) is 1. The zero-order chi connectivity index (χ0) is 15.3. The molecule has 0 aromatic carbocycles. The number of hydrogen-bond donors (Lipinski definition) is 1. The number of piperidine rings is 1. The van der Waals surface area contributed by atoms with Crippen LogP contribution in [0.5, 0.6) is 0 Å². The largest absolute Gasteiger partial charge is 0.468 e. The first-order chi connectivity index (χ1) is 9.98. The van der Waals surface area contributed by atoms with Crippen LogP contribution in [-0.2, 0) is 17.8 Å². The van der Waals surface area contributed by atoms with E-state index in [0.29, 0.717) is 5.92 Å². The first-order valence-corrected chi connectivity index (χ1v) is 7.99. The number of rotatable bonds is 6. The van der Waals surface area contributed by atoms with Crippen LogP contribution in [-0.4, -0.2) is 37.2 Å². The van der Waals surface area contributed by atoms with Crippen molar-refractivity contribution >= 4 is 0 Å². The van der Waals surface area contributed by atoms with Gasteiger partial charge in [-0.15, -0.1) is 0 Å². The average Bonchev–Trinajstić information content (AvgIpc) is 2.84. The van der Waals surface area contributed by atoms with E-state index in [1.165, 1.54) is 18.4 Å². The molecule has 120 valence electrons. The first-order valence-electron chi connectivity index (χ1n) is 7.99. The molecule has 0 amide bonds. The lowest BCUT2D eigenvalue weighted by Crippen LogP contribution is -2.37. The predicted molar refractivity (Wildman–Crippen MR) is 85.2 cm³/mol. The molecule has 1 aliphatic rings. The summed E-state index contributed by atoms with van der Waals surface area (Å²) in [6.45, 7) is 11.5. The summed E-state index contributed by atoms with van der Waals surface area (Å²) >= 11 is 0. The molecule has 1 aromatic heterocycles. The number of hydrogen-bond acceptors (Lipinski definition) is 4. The molecule has 0 bridgehead atoms. The SMILES string of the molecule is COCC1CCCN(Cc2occc2CNC(C)(C)C)C1. The number of ether oxygens (including phenoxy) is 1. The molecule has 1 saturated heterocycles. The van der Waals surface area contributed by atoms with Crippen molar-refractivity contribution in [1.29, 1.82) is 0 Å². The molecule has 1 aliphatic heterocycles. The van der Waals surface area contributed by atoms with Gasteiger partial charge in [0, 0.05) is 31.3 Å². The third-order valence-electron chi connectivity index (χ3n) is 4.02. The zero-order valence-corrected chi connectivity index (χ0v) is 13.9. The minimum absolute atomic E-state index is 0.128. The fraction of sp³-hybridized carbons (Fsp3) is 0.765. The molecule has 0 spiro atoms. The summed E-state index contributed by atoms with van der Waals surface area (Å²) in [6, 6.07) is 2.09. The maximum atomic E-state index is 5.71. The quantitative estimate of drug-likeness (QED) is 0.875. The number of nitrogens with zero attached hydrogens (tertiary/aromatic N) is 1. The Labute approximate surface area is 128 Å². The predicted octanol–water partition coefficient (Wildman–Crippen LogP) is 3.03. The Morgan fingerprint density at radius 1 is 1.43 bits per heavy atom. The highest BCUT2D eigenvalue weighted by Crippen LogP contribution is 2.21. The van der Waals surface area contributed by atoms with E-state index in [1.807, 2.05) is 6.26 Å². The van der Waals surface area contributed by atoms with Crippen LogP contribution in [0.15, 0.2) is 16.7 Å². The van der Waals surface area contributed by atoms with Crippen LogP contribution < -0.4 is 5.32 Å². The molecule has 2 rings (SSSR count). The summed E-state index contributed by atoms with van der Waals surface area (Å²) in [4.78, 5) is 2.49. The standard InChI is InChI=1S/C17H30N2O2/c1-17(2,3)18-10-15-7-9-21-16(15)12-19-8-5-6-14(11-19)13-20-4/h7,9,14,18H,5-6,8,10-13H2,1-4H3. The molecule has 4 nitrogen and oxygen atoms in total. The normalized spacial score (nSPS) is 20.9. The minimum Gasteiger partial charge on any atom is -0.468 e. The summed E-state index contributed by atoms with van der Waals surface area (Å²) in [5, 5.41) is 3.53. The van der Waals surface area contributed by atoms with Crippen molar-refractivity contribution in [2.75, 3.05) is 26.8 Å². The maximum Gasteiger partial charge on any atom is 0.122 e. The number of methoxy groups -OCH3 is 1. The molecule has 1 unspecified atom stereocenters. The Morgan fingerprint density at radius 3 is 2.95 bits per heavy atom. The van der Waals surface area contributed by atoms with E-state index in [9.17, 15) is 0 Å². The summed E-state index contributed by atoms with van der Waals surface area (Å²) in [5.41, 5.74) is 1.40. The second-order valence-corrected chi connectivity index (χ2v) is 7.17. The molecule has 4 heteroatoms. The Balaban J connectivity index is 1.89. The van der Waals surface area contributed by atoms with Crippen LogP contribution in [0.1, 0.15) is 44.9 Å². The monoisotopic (exact) mass is 294 g/mol.